The van der Waals surface area contributed by atoms with Crippen LogP contribution in [0.15, 0.2) is 0 Å². The van der Waals surface area contributed by atoms with E-state index in [-0.39, 0.29) is 28.3 Å². The van der Waals surface area contributed by atoms with Crippen LogP contribution in [0.3, 0.4) is 0 Å². The second-order valence-electron chi connectivity index (χ2n) is 5.69. The number of hydrogen-bond donors (Lipinski definition) is 1. The molecule has 0 amide bonds. The third-order valence-electron chi connectivity index (χ3n) is 4.92. The van der Waals surface area contributed by atoms with Gasteiger partial charge in [0.05, 0.1) is 0 Å². The topological polar surface area (TPSA) is 46.2 Å². The van der Waals surface area contributed by atoms with Gasteiger partial charge in [0.25, 0.3) is 0 Å². The number of fused-ring (bicyclic) bond motifs is 2. The lowest BCUT2D eigenvalue weighted by Crippen LogP contribution is -2.39. The number of nitrogens with one attached hydrogen (secondary N) is 1. The average molecular weight is 223 g/mol. The van der Waals surface area contributed by atoms with Crippen LogP contribution in [0.1, 0.15) is 40.0 Å². The average Bonchev–Trinajstić information content (AvgIpc) is 2.55. The SMILES string of the molecule is CCNCCC12CCC(C(=O)C1=O)C2(C)C. The molecule has 2 bridgehead atoms. The lowest BCUT2D eigenvalue weighted by atomic mass is 9.67. The molecule has 3 heteroatoms. The second kappa shape index (κ2) is 3.66. The Bertz CT molecular complexity index is 335. The normalized spacial score (nSPS) is 36.1. The van der Waals surface area contributed by atoms with Crippen LogP contribution >= 0.6 is 0 Å². The highest BCUT2D eigenvalue weighted by molar-refractivity contribution is 6.43. The summed E-state index contributed by atoms with van der Waals surface area (Å²) >= 11 is 0. The molecule has 1 N–H and O–H groups in total. The minimum Gasteiger partial charge on any atom is -0.317 e. The fourth-order valence-electron chi connectivity index (χ4n) is 3.71. The summed E-state index contributed by atoms with van der Waals surface area (Å²) in [6, 6.07) is 0. The second-order valence-corrected chi connectivity index (χ2v) is 5.69. The fourth-order valence-corrected chi connectivity index (χ4v) is 3.71. The maximum atomic E-state index is 12.1. The molecule has 2 aliphatic rings. The van der Waals surface area contributed by atoms with E-state index in [1.165, 1.54) is 0 Å². The van der Waals surface area contributed by atoms with Crippen LogP contribution in [-0.2, 0) is 9.59 Å². The first-order valence-electron chi connectivity index (χ1n) is 6.27. The van der Waals surface area contributed by atoms with Gasteiger partial charge in [-0.2, -0.15) is 0 Å². The molecule has 0 aromatic rings. The molecule has 0 radical (unpaired) electrons. The first kappa shape index (κ1) is 11.8. The lowest BCUT2D eigenvalue weighted by Gasteiger charge is -2.35. The van der Waals surface area contributed by atoms with Crippen LogP contribution in [0.5, 0.6) is 0 Å². The Morgan fingerprint density at radius 1 is 1.38 bits per heavy atom. The first-order valence-corrected chi connectivity index (χ1v) is 6.27. The quantitative estimate of drug-likeness (QED) is 0.581. The third-order valence-corrected chi connectivity index (χ3v) is 4.92. The molecule has 2 unspecified atom stereocenters. The van der Waals surface area contributed by atoms with E-state index in [0.29, 0.717) is 0 Å². The van der Waals surface area contributed by atoms with E-state index in [9.17, 15) is 9.59 Å². The van der Waals surface area contributed by atoms with Gasteiger partial charge in [0, 0.05) is 11.3 Å². The van der Waals surface area contributed by atoms with Crippen molar-refractivity contribution in [1.82, 2.24) is 5.32 Å². The minimum atomic E-state index is -0.364. The Hall–Kier alpha value is -0.700. The molecule has 0 saturated heterocycles. The third kappa shape index (κ3) is 1.24. The monoisotopic (exact) mass is 223 g/mol. The zero-order valence-corrected chi connectivity index (χ0v) is 10.4. The summed E-state index contributed by atoms with van der Waals surface area (Å²) in [7, 11) is 0. The predicted octanol–water partition coefficient (Wildman–Crippen LogP) is 1.56. The van der Waals surface area contributed by atoms with Crippen molar-refractivity contribution in [3.05, 3.63) is 0 Å². The number of ketones is 2. The molecule has 0 aromatic carbocycles. The van der Waals surface area contributed by atoms with Crippen molar-refractivity contribution < 1.29 is 9.59 Å². The zero-order chi connectivity index (χ0) is 12.0. The van der Waals surface area contributed by atoms with Crippen LogP contribution in [0.4, 0.5) is 0 Å². The van der Waals surface area contributed by atoms with E-state index < -0.39 is 0 Å². The molecular formula is C13H21NO2. The molecule has 2 fully saturated rings. The number of hydrogen-bond acceptors (Lipinski definition) is 3. The maximum Gasteiger partial charge on any atom is 0.205 e. The van der Waals surface area contributed by atoms with Crippen LogP contribution < -0.4 is 5.32 Å². The van der Waals surface area contributed by atoms with Crippen LogP contribution in [0, 0.1) is 16.7 Å². The van der Waals surface area contributed by atoms with Gasteiger partial charge in [0.2, 0.25) is 11.6 Å². The number of Topliss-reactive ketones (excluding diaryl/α,β-unsaturated/α-hetero) is 2. The molecule has 0 heterocycles. The van der Waals surface area contributed by atoms with Gasteiger partial charge in [0.1, 0.15) is 0 Å². The van der Waals surface area contributed by atoms with Gasteiger partial charge in [-0.25, -0.2) is 0 Å². The van der Waals surface area contributed by atoms with E-state index in [4.69, 9.17) is 0 Å². The number of carbonyl (C=O) groups excluding carboxylic acids is 2. The van der Waals surface area contributed by atoms with Crippen molar-refractivity contribution in [2.45, 2.75) is 40.0 Å². The predicted molar refractivity (Wildman–Crippen MR) is 62.1 cm³/mol. The Morgan fingerprint density at radius 2 is 2.06 bits per heavy atom. The fraction of sp³-hybridized carbons (Fsp3) is 0.846. The van der Waals surface area contributed by atoms with Crippen LogP contribution in [-0.4, -0.2) is 24.7 Å². The molecule has 0 spiro atoms. The van der Waals surface area contributed by atoms with Gasteiger partial charge in [-0.15, -0.1) is 0 Å². The maximum absolute atomic E-state index is 12.1. The van der Waals surface area contributed by atoms with Crippen molar-refractivity contribution in [3.63, 3.8) is 0 Å². The Balaban J connectivity index is 2.23. The highest BCUT2D eigenvalue weighted by Gasteiger charge is 2.68. The molecule has 2 saturated carbocycles. The van der Waals surface area contributed by atoms with Crippen LogP contribution in [0.2, 0.25) is 0 Å². The standard InChI is InChI=1S/C13H21NO2/c1-4-14-8-7-13-6-5-9(12(13,2)3)10(15)11(13)16/h9,14H,4-8H2,1-3H3. The van der Waals surface area contributed by atoms with E-state index in [1.54, 1.807) is 0 Å². The van der Waals surface area contributed by atoms with Crippen molar-refractivity contribution in [1.29, 1.82) is 0 Å². The van der Waals surface area contributed by atoms with E-state index in [0.717, 1.165) is 32.4 Å². The minimum absolute atomic E-state index is 0.0124. The van der Waals surface area contributed by atoms with Gasteiger partial charge in [-0.1, -0.05) is 20.8 Å². The lowest BCUT2D eigenvalue weighted by molar-refractivity contribution is -0.142. The highest BCUT2D eigenvalue weighted by Crippen LogP contribution is 2.63. The van der Waals surface area contributed by atoms with E-state index >= 15 is 0 Å². The van der Waals surface area contributed by atoms with Crippen LogP contribution in [0.25, 0.3) is 0 Å². The molecule has 2 atom stereocenters. The molecule has 0 aromatic heterocycles. The molecule has 0 aliphatic heterocycles. The van der Waals surface area contributed by atoms with Crippen molar-refractivity contribution in [2.24, 2.45) is 16.7 Å². The van der Waals surface area contributed by atoms with Crippen molar-refractivity contribution in [2.75, 3.05) is 13.1 Å². The Labute approximate surface area is 97.0 Å². The van der Waals surface area contributed by atoms with Gasteiger partial charge >= 0.3 is 0 Å². The molecule has 2 rings (SSSR count). The van der Waals surface area contributed by atoms with Gasteiger partial charge in [0.15, 0.2) is 0 Å². The molecule has 2 aliphatic carbocycles. The summed E-state index contributed by atoms with van der Waals surface area (Å²) in [5.41, 5.74) is -0.493. The summed E-state index contributed by atoms with van der Waals surface area (Å²) in [5, 5.41) is 3.26. The summed E-state index contributed by atoms with van der Waals surface area (Å²) in [6.07, 6.45) is 2.62. The zero-order valence-electron chi connectivity index (χ0n) is 10.4. The molecule has 16 heavy (non-hydrogen) atoms. The molecule has 90 valence electrons. The van der Waals surface area contributed by atoms with Crippen molar-refractivity contribution >= 4 is 11.6 Å². The molecular weight excluding hydrogens is 202 g/mol. The summed E-state index contributed by atoms with van der Waals surface area (Å²) in [4.78, 5) is 24.0. The summed E-state index contributed by atoms with van der Waals surface area (Å²) < 4.78 is 0. The highest BCUT2D eigenvalue weighted by atomic mass is 16.2. The summed E-state index contributed by atoms with van der Waals surface area (Å²) in [6.45, 7) is 8.01. The Kier molecular flexibility index (Phi) is 2.69. The van der Waals surface area contributed by atoms with Gasteiger partial charge in [-0.05, 0) is 37.8 Å². The number of rotatable bonds is 4. The molecule has 3 nitrogen and oxygen atoms in total. The first-order chi connectivity index (χ1) is 7.47. The van der Waals surface area contributed by atoms with E-state index in [1.807, 2.05) is 0 Å². The van der Waals surface area contributed by atoms with Gasteiger partial charge < -0.3 is 5.32 Å². The Morgan fingerprint density at radius 3 is 2.56 bits per heavy atom. The number of carbonyl (C=O) groups is 2. The van der Waals surface area contributed by atoms with E-state index in [2.05, 4.69) is 26.1 Å². The van der Waals surface area contributed by atoms with Gasteiger partial charge in [-0.3, -0.25) is 9.59 Å². The largest absolute Gasteiger partial charge is 0.317 e. The smallest absolute Gasteiger partial charge is 0.205 e. The summed E-state index contributed by atoms with van der Waals surface area (Å²) in [5.74, 6) is -0.207. The van der Waals surface area contributed by atoms with Crippen molar-refractivity contribution in [3.8, 4) is 0 Å².